The van der Waals surface area contributed by atoms with Gasteiger partial charge in [-0.15, -0.1) is 11.3 Å². The number of guanidine groups is 1. The summed E-state index contributed by atoms with van der Waals surface area (Å²) in [4.78, 5) is 23.5. The van der Waals surface area contributed by atoms with E-state index in [-0.39, 0.29) is 5.91 Å². The summed E-state index contributed by atoms with van der Waals surface area (Å²) in [5.41, 5.74) is 2.46. The first-order valence-corrected chi connectivity index (χ1v) is 10.1. The fourth-order valence-electron chi connectivity index (χ4n) is 2.76. The van der Waals surface area contributed by atoms with E-state index in [9.17, 15) is 4.79 Å². The van der Waals surface area contributed by atoms with E-state index in [1.54, 1.807) is 12.6 Å². The number of rotatable bonds is 10. The molecule has 8 heteroatoms. The van der Waals surface area contributed by atoms with Crippen molar-refractivity contribution in [3.05, 3.63) is 16.1 Å². The van der Waals surface area contributed by atoms with Crippen molar-refractivity contribution in [1.29, 1.82) is 0 Å². The first kappa shape index (κ1) is 22.4. The minimum Gasteiger partial charge on any atom is -0.356 e. The van der Waals surface area contributed by atoms with Gasteiger partial charge in [-0.2, -0.15) is 0 Å². The molecule has 0 unspecified atom stereocenters. The van der Waals surface area contributed by atoms with Crippen molar-refractivity contribution in [2.75, 3.05) is 33.2 Å². The van der Waals surface area contributed by atoms with Crippen LogP contribution in [0.2, 0.25) is 0 Å². The number of aromatic nitrogens is 1. The summed E-state index contributed by atoms with van der Waals surface area (Å²) in [6, 6.07) is 1.11. The lowest BCUT2D eigenvalue weighted by atomic mass is 10.2. The highest BCUT2D eigenvalue weighted by molar-refractivity contribution is 7.11. The minimum atomic E-state index is -0.0720. The summed E-state index contributed by atoms with van der Waals surface area (Å²) < 4.78 is 0. The lowest BCUT2D eigenvalue weighted by Crippen LogP contribution is -2.43. The molecule has 0 aromatic carbocycles. The zero-order valence-electron chi connectivity index (χ0n) is 16.9. The minimum absolute atomic E-state index is 0.0720. The molecule has 1 aromatic heterocycles. The Morgan fingerprint density at radius 3 is 2.31 bits per heavy atom. The number of carbonyl (C=O) groups excluding carboxylic acids is 1. The van der Waals surface area contributed by atoms with Crippen LogP contribution in [0.15, 0.2) is 10.5 Å². The van der Waals surface area contributed by atoms with Crippen molar-refractivity contribution < 1.29 is 4.79 Å². The van der Waals surface area contributed by atoms with E-state index in [0.29, 0.717) is 30.1 Å². The molecule has 0 bridgehead atoms. The van der Waals surface area contributed by atoms with Gasteiger partial charge in [-0.1, -0.05) is 0 Å². The Balaban J connectivity index is 2.21. The number of carbonyl (C=O) groups is 1. The van der Waals surface area contributed by atoms with Crippen molar-refractivity contribution in [2.45, 2.75) is 53.1 Å². The van der Waals surface area contributed by atoms with Gasteiger partial charge in [0.05, 0.1) is 11.2 Å². The summed E-state index contributed by atoms with van der Waals surface area (Å²) in [5.74, 6) is 0.686. The molecule has 0 aliphatic rings. The second kappa shape index (κ2) is 11.9. The van der Waals surface area contributed by atoms with Gasteiger partial charge in [-0.25, -0.2) is 4.98 Å². The molecule has 3 N–H and O–H groups in total. The van der Waals surface area contributed by atoms with Crippen LogP contribution in [0.1, 0.15) is 49.5 Å². The van der Waals surface area contributed by atoms with E-state index in [2.05, 4.69) is 58.5 Å². The Morgan fingerprint density at radius 2 is 1.77 bits per heavy atom. The zero-order valence-corrected chi connectivity index (χ0v) is 17.7. The molecule has 1 heterocycles. The Morgan fingerprint density at radius 1 is 1.15 bits per heavy atom. The predicted molar refractivity (Wildman–Crippen MR) is 110 cm³/mol. The third-order valence-corrected chi connectivity index (χ3v) is 5.02. The highest BCUT2D eigenvalue weighted by Gasteiger charge is 2.12. The van der Waals surface area contributed by atoms with Crippen molar-refractivity contribution in [2.24, 2.45) is 4.99 Å². The van der Waals surface area contributed by atoms with E-state index in [0.717, 1.165) is 31.2 Å². The van der Waals surface area contributed by atoms with Crippen LogP contribution in [0.3, 0.4) is 0 Å². The van der Waals surface area contributed by atoms with Crippen LogP contribution < -0.4 is 16.0 Å². The Hall–Kier alpha value is -1.67. The van der Waals surface area contributed by atoms with E-state index in [4.69, 9.17) is 0 Å². The Kier molecular flexibility index (Phi) is 10.2. The summed E-state index contributed by atoms with van der Waals surface area (Å²) in [5, 5.41) is 9.43. The number of hydrogen-bond donors (Lipinski definition) is 3. The van der Waals surface area contributed by atoms with Crippen LogP contribution in [0.5, 0.6) is 0 Å². The number of nitrogens with one attached hydrogen (secondary N) is 3. The molecule has 7 nitrogen and oxygen atoms in total. The molecule has 0 aliphatic heterocycles. The van der Waals surface area contributed by atoms with E-state index in [1.807, 2.05) is 6.92 Å². The van der Waals surface area contributed by atoms with Gasteiger partial charge in [0.2, 0.25) is 0 Å². The van der Waals surface area contributed by atoms with Gasteiger partial charge in [0.25, 0.3) is 5.91 Å². The van der Waals surface area contributed by atoms with Crippen LogP contribution in [0.4, 0.5) is 0 Å². The van der Waals surface area contributed by atoms with Crippen LogP contribution in [-0.2, 0) is 0 Å². The fraction of sp³-hybridized carbons (Fsp3) is 0.722. The van der Waals surface area contributed by atoms with Gasteiger partial charge in [0.1, 0.15) is 4.88 Å². The topological polar surface area (TPSA) is 81.7 Å². The van der Waals surface area contributed by atoms with E-state index in [1.165, 1.54) is 11.3 Å². The average molecular weight is 383 g/mol. The molecule has 0 spiro atoms. The number of amides is 1. The number of thiazole rings is 1. The molecular formula is C18H34N6OS. The summed E-state index contributed by atoms with van der Waals surface area (Å²) in [6.07, 6.45) is 1.05. The molecular weight excluding hydrogens is 348 g/mol. The normalized spacial score (nSPS) is 12.1. The highest BCUT2D eigenvalue weighted by Crippen LogP contribution is 2.11. The van der Waals surface area contributed by atoms with Crippen molar-refractivity contribution in [3.8, 4) is 0 Å². The lowest BCUT2D eigenvalue weighted by molar-refractivity contribution is 0.0957. The van der Waals surface area contributed by atoms with Gasteiger partial charge in [0.15, 0.2) is 5.96 Å². The van der Waals surface area contributed by atoms with Gasteiger partial charge in [-0.3, -0.25) is 14.7 Å². The average Bonchev–Trinajstić information content (AvgIpc) is 3.01. The molecule has 0 radical (unpaired) electrons. The monoisotopic (exact) mass is 382 g/mol. The summed E-state index contributed by atoms with van der Waals surface area (Å²) in [6.45, 7) is 13.8. The molecule has 0 saturated carbocycles. The third-order valence-electron chi connectivity index (χ3n) is 4.09. The second-order valence-electron chi connectivity index (χ2n) is 6.73. The molecule has 148 valence electrons. The van der Waals surface area contributed by atoms with Gasteiger partial charge in [0, 0.05) is 45.3 Å². The fourth-order valence-corrected chi connectivity index (χ4v) is 3.48. The Labute approximate surface area is 161 Å². The first-order chi connectivity index (χ1) is 12.4. The maximum Gasteiger partial charge on any atom is 0.263 e. The summed E-state index contributed by atoms with van der Waals surface area (Å²) in [7, 11) is 1.75. The standard InChI is InChI=1S/C18H34N6OS/c1-13(2)24(14(3)4)11-7-8-21-18(19-6)22-10-9-20-17(25)16-15(5)23-12-26-16/h12-14H,7-11H2,1-6H3,(H,20,25)(H2,19,21,22). The number of aliphatic imine (C=N–C) groups is 1. The molecule has 0 saturated heterocycles. The SMILES string of the molecule is CN=C(NCCCN(C(C)C)C(C)C)NCCNC(=O)c1scnc1C. The number of nitrogens with zero attached hydrogens (tertiary/aromatic N) is 3. The van der Waals surface area contributed by atoms with E-state index >= 15 is 0 Å². The largest absolute Gasteiger partial charge is 0.356 e. The second-order valence-corrected chi connectivity index (χ2v) is 7.58. The quantitative estimate of drug-likeness (QED) is 0.327. The molecule has 1 aromatic rings. The van der Waals surface area contributed by atoms with Crippen molar-refractivity contribution in [1.82, 2.24) is 25.8 Å². The predicted octanol–water partition coefficient (Wildman–Crippen LogP) is 1.86. The van der Waals surface area contributed by atoms with Gasteiger partial charge >= 0.3 is 0 Å². The van der Waals surface area contributed by atoms with Crippen molar-refractivity contribution in [3.63, 3.8) is 0 Å². The highest BCUT2D eigenvalue weighted by atomic mass is 32.1. The lowest BCUT2D eigenvalue weighted by Gasteiger charge is -2.30. The summed E-state index contributed by atoms with van der Waals surface area (Å²) >= 11 is 1.36. The number of hydrogen-bond acceptors (Lipinski definition) is 5. The number of aryl methyl sites for hydroxylation is 1. The molecule has 1 rings (SSSR count). The first-order valence-electron chi connectivity index (χ1n) is 9.25. The molecule has 26 heavy (non-hydrogen) atoms. The zero-order chi connectivity index (χ0) is 19.5. The van der Waals surface area contributed by atoms with Crippen LogP contribution in [-0.4, -0.2) is 67.1 Å². The van der Waals surface area contributed by atoms with Gasteiger partial charge < -0.3 is 16.0 Å². The molecule has 0 aliphatic carbocycles. The maximum absolute atomic E-state index is 12.0. The smallest absolute Gasteiger partial charge is 0.263 e. The third kappa shape index (κ3) is 7.70. The molecule has 1 amide bonds. The van der Waals surface area contributed by atoms with Crippen LogP contribution in [0.25, 0.3) is 0 Å². The van der Waals surface area contributed by atoms with Crippen LogP contribution in [0, 0.1) is 6.92 Å². The maximum atomic E-state index is 12.0. The van der Waals surface area contributed by atoms with Crippen LogP contribution >= 0.6 is 11.3 Å². The molecule has 0 fully saturated rings. The van der Waals surface area contributed by atoms with Crippen molar-refractivity contribution >= 4 is 23.2 Å². The molecule has 0 atom stereocenters. The Bertz CT molecular complexity index is 562. The van der Waals surface area contributed by atoms with Gasteiger partial charge in [-0.05, 0) is 41.0 Å². The van der Waals surface area contributed by atoms with E-state index < -0.39 is 0 Å².